The Morgan fingerprint density at radius 3 is 2.56 bits per heavy atom. The van der Waals surface area contributed by atoms with E-state index in [2.05, 4.69) is 4.18 Å². The number of Topliss-reactive ketones (excluding diaryl/α,β-unsaturated/α-hetero) is 1. The third-order valence-electron chi connectivity index (χ3n) is 3.04. The quantitative estimate of drug-likeness (QED) is 0.816. The molecule has 0 aromatic heterocycles. The number of nitrogens with two attached hydrogens (primary N) is 1. The average molecular weight is 366 g/mol. The predicted molar refractivity (Wildman–Crippen MR) is 91.4 cm³/mol. The van der Waals surface area contributed by atoms with E-state index in [4.69, 9.17) is 20.1 Å². The van der Waals surface area contributed by atoms with E-state index in [1.165, 1.54) is 37.3 Å². The predicted octanol–water partition coefficient (Wildman–Crippen LogP) is 2.31. The number of benzene rings is 2. The number of carbonyl (C=O) groups excluding carboxylic acids is 1. The molecule has 0 saturated carbocycles. The topological polar surface area (TPSA) is 95.7 Å². The molecule has 7 heteroatoms. The molecule has 2 aromatic carbocycles. The van der Waals surface area contributed by atoms with Gasteiger partial charge in [-0.15, -0.1) is 0 Å². The fourth-order valence-electron chi connectivity index (χ4n) is 1.93. The summed E-state index contributed by atoms with van der Waals surface area (Å²) in [6.07, 6.45) is -2.97. The summed E-state index contributed by atoms with van der Waals surface area (Å²) in [7, 11) is -5.19. The molecule has 1 atom stereocenters. The van der Waals surface area contributed by atoms with E-state index < -0.39 is 69.1 Å². The van der Waals surface area contributed by atoms with Gasteiger partial charge in [-0.2, -0.15) is 8.42 Å². The van der Waals surface area contributed by atoms with Crippen molar-refractivity contribution >= 4 is 15.9 Å². The van der Waals surface area contributed by atoms with Crippen LogP contribution in [0.25, 0.3) is 0 Å². The lowest BCUT2D eigenvalue weighted by Gasteiger charge is -2.10. The first kappa shape index (κ1) is 10.2. The molecule has 0 aliphatic carbocycles. The van der Waals surface area contributed by atoms with Gasteiger partial charge in [0.05, 0.1) is 9.60 Å². The first-order valence-corrected chi connectivity index (χ1v) is 8.38. The molecule has 1 aliphatic rings. The molecule has 3 rings (SSSR count). The summed E-state index contributed by atoms with van der Waals surface area (Å²) in [6.45, 7) is 1.32. The summed E-state index contributed by atoms with van der Waals surface area (Å²) in [5.74, 6) is -3.70. The highest BCUT2D eigenvalue weighted by molar-refractivity contribution is 7.86. The van der Waals surface area contributed by atoms with E-state index >= 15 is 0 Å². The molecule has 0 saturated heterocycles. The van der Waals surface area contributed by atoms with Crippen molar-refractivity contribution in [3.05, 3.63) is 82.8 Å². The van der Waals surface area contributed by atoms with Crippen molar-refractivity contribution < 1.29 is 31.7 Å². The molecule has 0 spiro atoms. The van der Waals surface area contributed by atoms with Gasteiger partial charge in [0.1, 0.15) is 5.70 Å². The van der Waals surface area contributed by atoms with E-state index in [1.807, 2.05) is 0 Å². The maximum absolute atomic E-state index is 12.9. The molecule has 0 fully saturated rings. The van der Waals surface area contributed by atoms with Gasteiger partial charge >= 0.3 is 10.1 Å². The molecule has 6 nitrogen and oxygen atoms in total. The monoisotopic (exact) mass is 366 g/mol. The minimum atomic E-state index is -5.19. The first-order chi connectivity index (χ1) is 14.7. The Morgan fingerprint density at radius 1 is 1.28 bits per heavy atom. The fourth-order valence-corrected chi connectivity index (χ4v) is 2.77. The van der Waals surface area contributed by atoms with Gasteiger partial charge in [0.2, 0.25) is 17.4 Å². The molecule has 0 bridgehead atoms. The molecule has 130 valence electrons. The van der Waals surface area contributed by atoms with E-state index in [0.29, 0.717) is 0 Å². The van der Waals surface area contributed by atoms with Crippen molar-refractivity contribution in [2.45, 2.75) is 18.7 Å². The molecular formula is C18H17NO5S. The molecule has 0 amide bonds. The Morgan fingerprint density at radius 2 is 1.92 bits per heavy atom. The van der Waals surface area contributed by atoms with Crippen molar-refractivity contribution in [2.24, 2.45) is 5.73 Å². The Kier molecular flexibility index (Phi) is 2.71. The van der Waals surface area contributed by atoms with Crippen LogP contribution < -0.4 is 5.73 Å². The van der Waals surface area contributed by atoms with Gasteiger partial charge in [-0.3, -0.25) is 4.79 Å². The molecule has 2 aromatic rings. The minimum absolute atomic E-state index is 0.0335. The smallest absolute Gasteiger partial charge is 0.313 e. The number of ether oxygens (including phenoxy) is 1. The first-order valence-electron chi connectivity index (χ1n) is 10.5. The highest BCUT2D eigenvalue weighted by atomic mass is 32.2. The summed E-state index contributed by atoms with van der Waals surface area (Å²) < 4.78 is 91.2. The maximum atomic E-state index is 12.9. The van der Waals surface area contributed by atoms with E-state index in [-0.39, 0.29) is 11.1 Å². The molecule has 0 unspecified atom stereocenters. The lowest BCUT2D eigenvalue weighted by Crippen LogP contribution is -2.16. The second kappa shape index (κ2) is 6.60. The molecular weight excluding hydrogens is 342 g/mol. The highest BCUT2D eigenvalue weighted by Gasteiger charge is 2.39. The van der Waals surface area contributed by atoms with Crippen LogP contribution >= 0.6 is 0 Å². The van der Waals surface area contributed by atoms with E-state index in [1.54, 1.807) is 0 Å². The van der Waals surface area contributed by atoms with Gasteiger partial charge in [-0.1, -0.05) is 60.1 Å². The van der Waals surface area contributed by atoms with Crippen LogP contribution in [-0.2, 0) is 29.5 Å². The third kappa shape index (κ3) is 3.83. The Labute approximate surface area is 155 Å². The summed E-state index contributed by atoms with van der Waals surface area (Å²) in [5, 5.41) is 0. The Hall–Kier alpha value is -2.80. The van der Waals surface area contributed by atoms with E-state index in [0.717, 1.165) is 0 Å². The zero-order chi connectivity index (χ0) is 24.2. The molecule has 25 heavy (non-hydrogen) atoms. The molecule has 1 aliphatic heterocycles. The largest absolute Gasteiger partial charge is 0.460 e. The second-order valence-electron chi connectivity index (χ2n) is 4.96. The van der Waals surface area contributed by atoms with Crippen molar-refractivity contribution in [3.63, 3.8) is 0 Å². The van der Waals surface area contributed by atoms with Crippen LogP contribution in [0.4, 0.5) is 0 Å². The van der Waals surface area contributed by atoms with Gasteiger partial charge < -0.3 is 14.7 Å². The van der Waals surface area contributed by atoms with Crippen molar-refractivity contribution in [2.75, 3.05) is 0 Å². The van der Waals surface area contributed by atoms with Gasteiger partial charge in [-0.25, -0.2) is 0 Å². The van der Waals surface area contributed by atoms with Crippen LogP contribution in [-0.4, -0.2) is 14.2 Å². The Balaban J connectivity index is 2.05. The Bertz CT molecular complexity index is 1240. The number of carbonyl (C=O) groups is 1. The van der Waals surface area contributed by atoms with Crippen LogP contribution in [0.2, 0.25) is 0 Å². The van der Waals surface area contributed by atoms with Gasteiger partial charge in [0.15, 0.2) is 6.08 Å². The molecule has 2 N–H and O–H groups in total. The highest BCUT2D eigenvalue weighted by Crippen LogP contribution is 2.32. The van der Waals surface area contributed by atoms with Crippen LogP contribution in [0, 0.1) is 6.92 Å². The van der Waals surface area contributed by atoms with Crippen LogP contribution in [0.3, 0.4) is 0 Å². The van der Waals surface area contributed by atoms with Gasteiger partial charge in [0, 0.05) is 5.56 Å². The van der Waals surface area contributed by atoms with Gasteiger partial charge in [0.25, 0.3) is 0 Å². The number of hydrogen-bond donors (Lipinski definition) is 1. The molecule has 0 radical (unpaired) electrons. The standard InChI is InChI=1S/C18H17NO5S/c1-12-7-9-14(10-8-12)16-15(20)17(18(19)23-16)24-25(21,22)11-13-5-3-2-4-6-13/h2-10,16H,11,19H2,1H3/t16-/m0/s1/i7D,8D,9D,10D,11D2,16D. The number of ketones is 1. The maximum Gasteiger partial charge on any atom is 0.313 e. The minimum Gasteiger partial charge on any atom is -0.460 e. The summed E-state index contributed by atoms with van der Waals surface area (Å²) >= 11 is 0. The number of rotatable bonds is 5. The third-order valence-corrected chi connectivity index (χ3v) is 3.91. The van der Waals surface area contributed by atoms with Crippen LogP contribution in [0.5, 0.6) is 0 Å². The fraction of sp³-hybridized carbons (Fsp3) is 0.167. The normalized spacial score (nSPS) is 25.0. The zero-order valence-electron chi connectivity index (χ0n) is 19.9. The zero-order valence-corrected chi connectivity index (χ0v) is 13.7. The average Bonchev–Trinajstić information content (AvgIpc) is 2.94. The number of hydrogen-bond acceptors (Lipinski definition) is 6. The molecule has 1 heterocycles. The summed E-state index contributed by atoms with van der Waals surface area (Å²) in [5.41, 5.74) is 1.35. The summed E-state index contributed by atoms with van der Waals surface area (Å²) in [4.78, 5) is 12.9. The van der Waals surface area contributed by atoms with Crippen LogP contribution in [0.1, 0.15) is 32.4 Å². The van der Waals surface area contributed by atoms with Crippen molar-refractivity contribution in [3.8, 4) is 0 Å². The lowest BCUT2D eigenvalue weighted by atomic mass is 10.0. The second-order valence-corrected chi connectivity index (χ2v) is 6.24. The van der Waals surface area contributed by atoms with Crippen molar-refractivity contribution in [1.82, 2.24) is 0 Å². The lowest BCUT2D eigenvalue weighted by molar-refractivity contribution is -0.123. The summed E-state index contributed by atoms with van der Waals surface area (Å²) in [6, 6.07) is 4.18. The van der Waals surface area contributed by atoms with Crippen LogP contribution in [0.15, 0.2) is 66.1 Å². The van der Waals surface area contributed by atoms with Crippen molar-refractivity contribution in [1.29, 1.82) is 0 Å². The SMILES string of the molecule is [2H]c1c([2H])c([C@]2([2H])OC(N)=C(OS(=O)(=O)C([2H])([2H])c3ccccc3)C2=O)c([2H])c([2H])c1C. The van der Waals surface area contributed by atoms with Gasteiger partial charge in [-0.05, 0) is 12.5 Å². The van der Waals surface area contributed by atoms with E-state index in [9.17, 15) is 13.2 Å².